The second-order valence-electron chi connectivity index (χ2n) is 2.82. The summed E-state index contributed by atoms with van der Waals surface area (Å²) in [5.41, 5.74) is 11.6. The Kier molecular flexibility index (Phi) is 4.05. The number of aromatic nitrogens is 2. The van der Waals surface area contributed by atoms with E-state index in [-0.39, 0.29) is 17.3 Å². The molecule has 1 rings (SSSR count). The third kappa shape index (κ3) is 2.40. The Bertz CT molecular complexity index is 459. The minimum atomic E-state index is -0.633. The zero-order valence-corrected chi connectivity index (χ0v) is 11.0. The number of carbonyl (C=O) groups is 1. The first-order chi connectivity index (χ1) is 7.51. The lowest BCUT2D eigenvalue weighted by Crippen LogP contribution is -2.13. The monoisotopic (exact) mass is 334 g/mol. The number of halogens is 1. The fourth-order valence-electron chi connectivity index (χ4n) is 1.02. The molecule has 0 amide bonds. The summed E-state index contributed by atoms with van der Waals surface area (Å²) in [5.74, 6) is -0.479. The Balaban J connectivity index is 3.38. The Hall–Kier alpha value is -1.38. The summed E-state index contributed by atoms with van der Waals surface area (Å²) in [6.45, 7) is 1.83. The van der Waals surface area contributed by atoms with Crippen LogP contribution >= 0.6 is 22.6 Å². The first kappa shape index (κ1) is 12.7. The standard InChI is InChI=1S/C9H11IN4O2/c1-3-4(10)5-7(11)14-8(12)6(13-5)9(15)16-2/h3H,1-2H3,(H4,11,12,14)/b4-3+. The zero-order valence-electron chi connectivity index (χ0n) is 8.82. The van der Waals surface area contributed by atoms with E-state index >= 15 is 0 Å². The van der Waals surface area contributed by atoms with E-state index in [0.29, 0.717) is 5.69 Å². The highest BCUT2D eigenvalue weighted by Crippen LogP contribution is 2.25. The smallest absolute Gasteiger partial charge is 0.360 e. The van der Waals surface area contributed by atoms with Crippen LogP contribution in [0.3, 0.4) is 0 Å². The van der Waals surface area contributed by atoms with Crippen molar-refractivity contribution >= 4 is 43.8 Å². The largest absolute Gasteiger partial charge is 0.464 e. The van der Waals surface area contributed by atoms with Gasteiger partial charge in [0.05, 0.1) is 7.11 Å². The van der Waals surface area contributed by atoms with Gasteiger partial charge >= 0.3 is 5.97 Å². The fourth-order valence-corrected chi connectivity index (χ4v) is 1.42. The SMILES string of the molecule is C/C=C(/I)c1nc(C(=O)OC)c(N)nc1N. The van der Waals surface area contributed by atoms with Crippen LogP contribution in [0.4, 0.5) is 11.6 Å². The summed E-state index contributed by atoms with van der Waals surface area (Å²) in [6.07, 6.45) is 1.80. The topological polar surface area (TPSA) is 104 Å². The van der Waals surface area contributed by atoms with Crippen molar-refractivity contribution in [3.63, 3.8) is 0 Å². The molecule has 0 aromatic carbocycles. The van der Waals surface area contributed by atoms with Crippen molar-refractivity contribution in [1.29, 1.82) is 0 Å². The summed E-state index contributed by atoms with van der Waals surface area (Å²) in [5, 5.41) is 0. The summed E-state index contributed by atoms with van der Waals surface area (Å²) >= 11 is 2.05. The minimum Gasteiger partial charge on any atom is -0.464 e. The number of rotatable bonds is 2. The van der Waals surface area contributed by atoms with Crippen molar-refractivity contribution in [2.24, 2.45) is 0 Å². The average molecular weight is 334 g/mol. The maximum Gasteiger partial charge on any atom is 0.360 e. The molecular weight excluding hydrogens is 323 g/mol. The second-order valence-corrected chi connectivity index (χ2v) is 3.98. The van der Waals surface area contributed by atoms with Gasteiger partial charge in [-0.2, -0.15) is 0 Å². The van der Waals surface area contributed by atoms with Crippen molar-refractivity contribution in [1.82, 2.24) is 9.97 Å². The molecule has 0 aliphatic heterocycles. The van der Waals surface area contributed by atoms with Crippen LogP contribution in [0.5, 0.6) is 0 Å². The molecule has 0 unspecified atom stereocenters. The lowest BCUT2D eigenvalue weighted by atomic mass is 10.3. The van der Waals surface area contributed by atoms with Crippen molar-refractivity contribution < 1.29 is 9.53 Å². The maximum absolute atomic E-state index is 11.3. The summed E-state index contributed by atoms with van der Waals surface area (Å²) in [6, 6.07) is 0. The normalized spacial score (nSPS) is 11.3. The van der Waals surface area contributed by atoms with Crippen molar-refractivity contribution in [3.8, 4) is 0 Å². The van der Waals surface area contributed by atoms with Gasteiger partial charge in [-0.25, -0.2) is 14.8 Å². The molecule has 6 nitrogen and oxygen atoms in total. The Labute approximate surface area is 106 Å². The second kappa shape index (κ2) is 5.10. The number of allylic oxidation sites excluding steroid dienone is 1. The van der Waals surface area contributed by atoms with Gasteiger partial charge in [-0.05, 0) is 29.5 Å². The average Bonchev–Trinajstić information content (AvgIpc) is 2.27. The van der Waals surface area contributed by atoms with E-state index in [1.54, 1.807) is 6.08 Å². The van der Waals surface area contributed by atoms with Gasteiger partial charge in [-0.1, -0.05) is 6.08 Å². The van der Waals surface area contributed by atoms with Crippen LogP contribution in [0, 0.1) is 0 Å². The number of nitrogens with zero attached hydrogens (tertiary/aromatic N) is 2. The van der Waals surface area contributed by atoms with E-state index in [1.165, 1.54) is 7.11 Å². The number of methoxy groups -OCH3 is 1. The molecule has 0 spiro atoms. The molecule has 0 fully saturated rings. The van der Waals surface area contributed by atoms with E-state index in [9.17, 15) is 4.79 Å². The summed E-state index contributed by atoms with van der Waals surface area (Å²) in [7, 11) is 1.25. The van der Waals surface area contributed by atoms with Gasteiger partial charge < -0.3 is 16.2 Å². The van der Waals surface area contributed by atoms with E-state index in [4.69, 9.17) is 11.5 Å². The Morgan fingerprint density at radius 3 is 2.38 bits per heavy atom. The fraction of sp³-hybridized carbons (Fsp3) is 0.222. The van der Waals surface area contributed by atoms with Gasteiger partial charge in [0, 0.05) is 3.58 Å². The molecule has 4 N–H and O–H groups in total. The van der Waals surface area contributed by atoms with Gasteiger partial charge in [-0.3, -0.25) is 0 Å². The van der Waals surface area contributed by atoms with Gasteiger partial charge in [-0.15, -0.1) is 0 Å². The molecule has 0 radical (unpaired) electrons. The number of hydrogen-bond donors (Lipinski definition) is 2. The molecule has 0 saturated heterocycles. The molecule has 1 aromatic rings. The highest BCUT2D eigenvalue weighted by Gasteiger charge is 2.17. The van der Waals surface area contributed by atoms with Crippen LogP contribution in [-0.2, 0) is 4.74 Å². The summed E-state index contributed by atoms with van der Waals surface area (Å²) < 4.78 is 5.33. The van der Waals surface area contributed by atoms with Crippen LogP contribution in [0.25, 0.3) is 3.58 Å². The van der Waals surface area contributed by atoms with E-state index in [1.807, 2.05) is 29.5 Å². The number of ether oxygens (including phenoxy) is 1. The van der Waals surface area contributed by atoms with Crippen molar-refractivity contribution in [3.05, 3.63) is 17.5 Å². The highest BCUT2D eigenvalue weighted by atomic mass is 127. The quantitative estimate of drug-likeness (QED) is 0.623. The van der Waals surface area contributed by atoms with Gasteiger partial charge in [0.2, 0.25) is 0 Å². The molecule has 0 atom stereocenters. The number of nitrogens with two attached hydrogens (primary N) is 2. The van der Waals surface area contributed by atoms with Crippen LogP contribution in [-0.4, -0.2) is 23.0 Å². The molecule has 0 aliphatic rings. The first-order valence-electron chi connectivity index (χ1n) is 4.34. The number of hydrogen-bond acceptors (Lipinski definition) is 6. The van der Waals surface area contributed by atoms with Crippen LogP contribution < -0.4 is 11.5 Å². The van der Waals surface area contributed by atoms with Crippen LogP contribution in [0.15, 0.2) is 6.08 Å². The molecule has 16 heavy (non-hydrogen) atoms. The molecule has 0 bridgehead atoms. The van der Waals surface area contributed by atoms with E-state index in [0.717, 1.165) is 3.58 Å². The summed E-state index contributed by atoms with van der Waals surface area (Å²) in [4.78, 5) is 19.2. The Morgan fingerprint density at radius 2 is 1.88 bits per heavy atom. The predicted octanol–water partition coefficient (Wildman–Crippen LogP) is 1.22. The Morgan fingerprint density at radius 1 is 1.31 bits per heavy atom. The van der Waals surface area contributed by atoms with Gasteiger partial charge in [0.1, 0.15) is 5.69 Å². The number of anilines is 2. The third-order valence-electron chi connectivity index (χ3n) is 1.81. The van der Waals surface area contributed by atoms with E-state index in [2.05, 4.69) is 14.7 Å². The molecule has 86 valence electrons. The van der Waals surface area contributed by atoms with Crippen LogP contribution in [0.2, 0.25) is 0 Å². The maximum atomic E-state index is 11.3. The van der Waals surface area contributed by atoms with Gasteiger partial charge in [0.15, 0.2) is 17.3 Å². The number of carbonyl (C=O) groups excluding carboxylic acids is 1. The molecule has 7 heteroatoms. The first-order valence-corrected chi connectivity index (χ1v) is 5.42. The minimum absolute atomic E-state index is 0.0253. The third-order valence-corrected chi connectivity index (χ3v) is 2.94. The molecule has 1 aromatic heterocycles. The zero-order chi connectivity index (χ0) is 12.3. The molecule has 0 aliphatic carbocycles. The van der Waals surface area contributed by atoms with E-state index < -0.39 is 5.97 Å². The van der Waals surface area contributed by atoms with Crippen molar-refractivity contribution in [2.45, 2.75) is 6.92 Å². The molecule has 1 heterocycles. The molecular formula is C9H11IN4O2. The lowest BCUT2D eigenvalue weighted by Gasteiger charge is -2.07. The predicted molar refractivity (Wildman–Crippen MR) is 69.9 cm³/mol. The molecule has 0 saturated carbocycles. The highest BCUT2D eigenvalue weighted by molar-refractivity contribution is 14.1. The van der Waals surface area contributed by atoms with Gasteiger partial charge in [0.25, 0.3) is 0 Å². The van der Waals surface area contributed by atoms with Crippen LogP contribution in [0.1, 0.15) is 23.1 Å². The number of nitrogen functional groups attached to an aromatic ring is 2. The lowest BCUT2D eigenvalue weighted by molar-refractivity contribution is 0.0595. The van der Waals surface area contributed by atoms with Crippen molar-refractivity contribution in [2.75, 3.05) is 18.6 Å². The number of esters is 1.